The number of halogens is 3. The summed E-state index contributed by atoms with van der Waals surface area (Å²) in [6, 6.07) is 4.67. The lowest BCUT2D eigenvalue weighted by Crippen LogP contribution is -2.38. The average molecular weight is 314 g/mol. The lowest BCUT2D eigenvalue weighted by atomic mass is 10.0. The van der Waals surface area contributed by atoms with Crippen molar-refractivity contribution in [3.8, 4) is 0 Å². The quantitative estimate of drug-likeness (QED) is 0.924. The van der Waals surface area contributed by atoms with Crippen molar-refractivity contribution in [1.82, 2.24) is 10.2 Å². The summed E-state index contributed by atoms with van der Waals surface area (Å²) in [5.74, 6) is -0.559. The summed E-state index contributed by atoms with van der Waals surface area (Å²) >= 11 is 0. The van der Waals surface area contributed by atoms with Gasteiger partial charge in [-0.2, -0.15) is 13.2 Å². The molecule has 1 unspecified atom stereocenters. The molecule has 0 saturated carbocycles. The first kappa shape index (κ1) is 16.3. The number of alkyl halides is 3. The van der Waals surface area contributed by atoms with Crippen molar-refractivity contribution in [2.24, 2.45) is 0 Å². The van der Waals surface area contributed by atoms with Crippen molar-refractivity contribution in [2.45, 2.75) is 32.0 Å². The third-order valence-corrected chi connectivity index (χ3v) is 3.64. The predicted molar refractivity (Wildman–Crippen MR) is 73.9 cm³/mol. The molecule has 22 heavy (non-hydrogen) atoms. The SMILES string of the molecule is CCN1CC(NC(=O)Cc2ccccc2C(F)(F)F)CC1=O. The zero-order chi connectivity index (χ0) is 16.3. The van der Waals surface area contributed by atoms with E-state index in [0.29, 0.717) is 13.1 Å². The number of nitrogens with one attached hydrogen (secondary N) is 1. The van der Waals surface area contributed by atoms with Crippen LogP contribution in [0.1, 0.15) is 24.5 Å². The molecule has 0 bridgehead atoms. The van der Waals surface area contributed by atoms with Crippen molar-refractivity contribution >= 4 is 11.8 Å². The highest BCUT2D eigenvalue weighted by atomic mass is 19.4. The van der Waals surface area contributed by atoms with Crippen LogP contribution in [-0.4, -0.2) is 35.8 Å². The van der Waals surface area contributed by atoms with E-state index in [9.17, 15) is 22.8 Å². The first-order chi connectivity index (χ1) is 10.3. The van der Waals surface area contributed by atoms with E-state index in [1.54, 1.807) is 4.90 Å². The molecular formula is C15H17F3N2O2. The minimum Gasteiger partial charge on any atom is -0.351 e. The second-order valence-electron chi connectivity index (χ2n) is 5.23. The first-order valence-corrected chi connectivity index (χ1v) is 7.03. The number of nitrogens with zero attached hydrogens (tertiary/aromatic N) is 1. The number of likely N-dealkylation sites (N-methyl/N-ethyl adjacent to an activating group) is 1. The van der Waals surface area contributed by atoms with Crippen molar-refractivity contribution in [1.29, 1.82) is 0 Å². The highest BCUT2D eigenvalue weighted by Gasteiger charge is 2.34. The summed E-state index contributed by atoms with van der Waals surface area (Å²) < 4.78 is 38.6. The van der Waals surface area contributed by atoms with Gasteiger partial charge < -0.3 is 10.2 Å². The molecule has 1 fully saturated rings. The van der Waals surface area contributed by atoms with Crippen LogP contribution in [0.4, 0.5) is 13.2 Å². The van der Waals surface area contributed by atoms with E-state index < -0.39 is 17.6 Å². The van der Waals surface area contributed by atoms with Crippen LogP contribution in [-0.2, 0) is 22.2 Å². The highest BCUT2D eigenvalue weighted by Crippen LogP contribution is 2.32. The van der Waals surface area contributed by atoms with E-state index >= 15 is 0 Å². The summed E-state index contributed by atoms with van der Waals surface area (Å²) in [5.41, 5.74) is -0.869. The molecule has 0 radical (unpaired) electrons. The molecule has 1 atom stereocenters. The number of carbonyl (C=O) groups is 2. The second kappa shape index (κ2) is 6.37. The summed E-state index contributed by atoms with van der Waals surface area (Å²) in [6.07, 6.45) is -4.65. The van der Waals surface area contributed by atoms with Gasteiger partial charge in [-0.3, -0.25) is 9.59 Å². The van der Waals surface area contributed by atoms with Crippen LogP contribution in [0.15, 0.2) is 24.3 Å². The van der Waals surface area contributed by atoms with Gasteiger partial charge in [-0.25, -0.2) is 0 Å². The number of hydrogen-bond acceptors (Lipinski definition) is 2. The zero-order valence-electron chi connectivity index (χ0n) is 12.1. The van der Waals surface area contributed by atoms with Gasteiger partial charge in [-0.15, -0.1) is 0 Å². The molecule has 1 aliphatic rings. The van der Waals surface area contributed by atoms with Gasteiger partial charge in [0.1, 0.15) is 0 Å². The summed E-state index contributed by atoms with van der Waals surface area (Å²) in [7, 11) is 0. The highest BCUT2D eigenvalue weighted by molar-refractivity contribution is 5.83. The topological polar surface area (TPSA) is 49.4 Å². The monoisotopic (exact) mass is 314 g/mol. The van der Waals surface area contributed by atoms with Gasteiger partial charge in [-0.05, 0) is 18.6 Å². The van der Waals surface area contributed by atoms with Gasteiger partial charge in [0.15, 0.2) is 0 Å². The maximum atomic E-state index is 12.9. The molecule has 1 aliphatic heterocycles. The maximum Gasteiger partial charge on any atom is 0.416 e. The van der Waals surface area contributed by atoms with E-state index in [2.05, 4.69) is 5.32 Å². The van der Waals surface area contributed by atoms with Crippen LogP contribution in [0.2, 0.25) is 0 Å². The fourth-order valence-corrected chi connectivity index (χ4v) is 2.58. The maximum absolute atomic E-state index is 12.9. The fraction of sp³-hybridized carbons (Fsp3) is 0.467. The molecule has 1 aromatic rings. The normalized spacial score (nSPS) is 18.6. The first-order valence-electron chi connectivity index (χ1n) is 7.03. The Morgan fingerprint density at radius 2 is 2.05 bits per heavy atom. The molecule has 0 aromatic heterocycles. The zero-order valence-corrected chi connectivity index (χ0v) is 12.1. The van der Waals surface area contributed by atoms with Crippen molar-refractivity contribution in [3.05, 3.63) is 35.4 Å². The number of carbonyl (C=O) groups excluding carboxylic acids is 2. The molecular weight excluding hydrogens is 297 g/mol. The minimum absolute atomic E-state index is 0.0523. The molecule has 2 rings (SSSR count). The van der Waals surface area contributed by atoms with Crippen LogP contribution in [0.25, 0.3) is 0 Å². The molecule has 0 aliphatic carbocycles. The van der Waals surface area contributed by atoms with Crippen LogP contribution >= 0.6 is 0 Å². The van der Waals surface area contributed by atoms with Gasteiger partial charge in [0.2, 0.25) is 11.8 Å². The molecule has 1 N–H and O–H groups in total. The lowest BCUT2D eigenvalue weighted by molar-refractivity contribution is -0.138. The van der Waals surface area contributed by atoms with E-state index in [4.69, 9.17) is 0 Å². The van der Waals surface area contributed by atoms with Gasteiger partial charge in [0.05, 0.1) is 18.0 Å². The van der Waals surface area contributed by atoms with E-state index in [1.165, 1.54) is 18.2 Å². The average Bonchev–Trinajstić information content (AvgIpc) is 2.77. The third-order valence-electron chi connectivity index (χ3n) is 3.64. The van der Waals surface area contributed by atoms with Crippen molar-refractivity contribution in [2.75, 3.05) is 13.1 Å². The van der Waals surface area contributed by atoms with Crippen LogP contribution < -0.4 is 5.32 Å². The fourth-order valence-electron chi connectivity index (χ4n) is 2.58. The van der Waals surface area contributed by atoms with E-state index in [-0.39, 0.29) is 30.4 Å². The van der Waals surface area contributed by atoms with Gasteiger partial charge in [-0.1, -0.05) is 18.2 Å². The largest absolute Gasteiger partial charge is 0.416 e. The van der Waals surface area contributed by atoms with Gasteiger partial charge in [0.25, 0.3) is 0 Å². The predicted octanol–water partition coefficient (Wildman–Crippen LogP) is 1.98. The molecule has 2 amide bonds. The van der Waals surface area contributed by atoms with Gasteiger partial charge in [0, 0.05) is 19.5 Å². The van der Waals surface area contributed by atoms with Gasteiger partial charge >= 0.3 is 6.18 Å². The van der Waals surface area contributed by atoms with Crippen LogP contribution in [0, 0.1) is 0 Å². The summed E-state index contributed by atoms with van der Waals surface area (Å²) in [5, 5.41) is 2.63. The Bertz CT molecular complexity index is 572. The Morgan fingerprint density at radius 1 is 1.36 bits per heavy atom. The number of benzene rings is 1. The number of amides is 2. The number of likely N-dealkylation sites (tertiary alicyclic amines) is 1. The van der Waals surface area contributed by atoms with E-state index in [0.717, 1.165) is 6.07 Å². The Morgan fingerprint density at radius 3 is 2.64 bits per heavy atom. The molecule has 120 valence electrons. The van der Waals surface area contributed by atoms with Crippen molar-refractivity contribution in [3.63, 3.8) is 0 Å². The Hall–Kier alpha value is -2.05. The molecule has 7 heteroatoms. The minimum atomic E-state index is -4.49. The lowest BCUT2D eigenvalue weighted by Gasteiger charge is -2.16. The third kappa shape index (κ3) is 3.78. The smallest absolute Gasteiger partial charge is 0.351 e. The number of rotatable bonds is 4. The Balaban J connectivity index is 2.00. The standard InChI is InChI=1S/C15H17F3N2O2/c1-2-20-9-11(8-14(20)22)19-13(21)7-10-5-3-4-6-12(10)15(16,17)18/h3-6,11H,2,7-9H2,1H3,(H,19,21). The van der Waals surface area contributed by atoms with Crippen molar-refractivity contribution < 1.29 is 22.8 Å². The molecule has 4 nitrogen and oxygen atoms in total. The second-order valence-corrected chi connectivity index (χ2v) is 5.23. The number of hydrogen-bond donors (Lipinski definition) is 1. The Labute approximate surface area is 126 Å². The summed E-state index contributed by atoms with van der Waals surface area (Å²) in [6.45, 7) is 2.80. The summed E-state index contributed by atoms with van der Waals surface area (Å²) in [4.78, 5) is 25.1. The molecule has 1 saturated heterocycles. The molecule has 1 heterocycles. The van der Waals surface area contributed by atoms with Crippen LogP contribution in [0.5, 0.6) is 0 Å². The Kier molecular flexibility index (Phi) is 4.73. The molecule has 0 spiro atoms. The van der Waals surface area contributed by atoms with Crippen LogP contribution in [0.3, 0.4) is 0 Å². The molecule has 1 aromatic carbocycles. The van der Waals surface area contributed by atoms with E-state index in [1.807, 2.05) is 6.92 Å².